The lowest BCUT2D eigenvalue weighted by molar-refractivity contribution is -0.134. The molecule has 6 nitrogen and oxygen atoms in total. The second kappa shape index (κ2) is 8.47. The van der Waals surface area contributed by atoms with E-state index in [0.29, 0.717) is 17.7 Å². The number of amides is 4. The summed E-state index contributed by atoms with van der Waals surface area (Å²) in [5.41, 5.74) is 2.12. The number of aryl methyl sites for hydroxylation is 2. The van der Waals surface area contributed by atoms with Crippen LogP contribution in [0, 0.1) is 13.8 Å². The molecule has 2 N–H and O–H groups in total. The smallest absolute Gasteiger partial charge is 0.326 e. The standard InChI is InChI=1S/C23H27N3O3/c1-4-5-13-24-20(27)15-26-21(28)23(25-22(26)29,18-9-7-6-8-10-18)19-12-11-16(2)17(3)14-19/h6-12,14H,4-5,13,15H2,1-3H3,(H,24,27)(H,25,29)/t23-/m1/s1. The number of rotatable bonds is 7. The molecule has 2 aromatic rings. The van der Waals surface area contributed by atoms with Crippen molar-refractivity contribution in [2.75, 3.05) is 13.1 Å². The third-order valence-electron chi connectivity index (χ3n) is 5.41. The molecule has 1 aliphatic heterocycles. The number of hydrogen-bond acceptors (Lipinski definition) is 3. The third kappa shape index (κ3) is 3.88. The van der Waals surface area contributed by atoms with Crippen LogP contribution in [-0.2, 0) is 15.1 Å². The Balaban J connectivity index is 1.99. The number of nitrogens with zero attached hydrogens (tertiary/aromatic N) is 1. The summed E-state index contributed by atoms with van der Waals surface area (Å²) in [5, 5.41) is 5.64. The van der Waals surface area contributed by atoms with Gasteiger partial charge >= 0.3 is 6.03 Å². The van der Waals surface area contributed by atoms with Gasteiger partial charge in [0.2, 0.25) is 5.91 Å². The van der Waals surface area contributed by atoms with Crippen molar-refractivity contribution in [1.29, 1.82) is 0 Å². The molecule has 1 aliphatic rings. The first-order valence-corrected chi connectivity index (χ1v) is 9.94. The van der Waals surface area contributed by atoms with E-state index in [2.05, 4.69) is 10.6 Å². The van der Waals surface area contributed by atoms with E-state index in [9.17, 15) is 14.4 Å². The fraction of sp³-hybridized carbons (Fsp3) is 0.348. The van der Waals surface area contributed by atoms with E-state index in [-0.39, 0.29) is 12.5 Å². The van der Waals surface area contributed by atoms with Crippen LogP contribution in [0.2, 0.25) is 0 Å². The number of carbonyl (C=O) groups excluding carboxylic acids is 3. The van der Waals surface area contributed by atoms with Gasteiger partial charge in [-0.05, 0) is 42.5 Å². The van der Waals surface area contributed by atoms with Gasteiger partial charge in [-0.2, -0.15) is 0 Å². The van der Waals surface area contributed by atoms with Crippen molar-refractivity contribution < 1.29 is 14.4 Å². The zero-order chi connectivity index (χ0) is 21.0. The molecule has 29 heavy (non-hydrogen) atoms. The van der Waals surface area contributed by atoms with Gasteiger partial charge < -0.3 is 10.6 Å². The summed E-state index contributed by atoms with van der Waals surface area (Å²) in [5.74, 6) is -0.784. The Morgan fingerprint density at radius 3 is 2.41 bits per heavy atom. The lowest BCUT2D eigenvalue weighted by Gasteiger charge is -2.28. The van der Waals surface area contributed by atoms with Gasteiger partial charge in [-0.25, -0.2) is 4.79 Å². The Kier molecular flexibility index (Phi) is 6.01. The lowest BCUT2D eigenvalue weighted by atomic mass is 9.81. The van der Waals surface area contributed by atoms with Crippen molar-refractivity contribution in [3.8, 4) is 0 Å². The molecule has 0 radical (unpaired) electrons. The van der Waals surface area contributed by atoms with Crippen molar-refractivity contribution >= 4 is 17.8 Å². The predicted molar refractivity (Wildman–Crippen MR) is 111 cm³/mol. The summed E-state index contributed by atoms with van der Waals surface area (Å²) in [4.78, 5) is 39.6. The highest BCUT2D eigenvalue weighted by Crippen LogP contribution is 2.36. The normalized spacial score (nSPS) is 18.7. The summed E-state index contributed by atoms with van der Waals surface area (Å²) in [7, 11) is 0. The van der Waals surface area contributed by atoms with Crippen LogP contribution in [0.1, 0.15) is 42.0 Å². The van der Waals surface area contributed by atoms with Crippen molar-refractivity contribution in [2.45, 2.75) is 39.2 Å². The maximum atomic E-state index is 13.6. The van der Waals surface area contributed by atoms with Gasteiger partial charge in [0, 0.05) is 6.54 Å². The van der Waals surface area contributed by atoms with Gasteiger partial charge in [-0.15, -0.1) is 0 Å². The van der Waals surface area contributed by atoms with Crippen LogP contribution in [0.5, 0.6) is 0 Å². The number of hydrogen-bond donors (Lipinski definition) is 2. The average molecular weight is 393 g/mol. The second-order valence-corrected chi connectivity index (χ2v) is 7.44. The molecule has 0 aliphatic carbocycles. The van der Waals surface area contributed by atoms with Crippen molar-refractivity contribution in [3.05, 3.63) is 70.8 Å². The number of urea groups is 1. The van der Waals surface area contributed by atoms with Gasteiger partial charge in [-0.1, -0.05) is 61.9 Å². The first kappa shape index (κ1) is 20.6. The number of imide groups is 1. The van der Waals surface area contributed by atoms with Crippen LogP contribution in [0.3, 0.4) is 0 Å². The number of benzene rings is 2. The van der Waals surface area contributed by atoms with Crippen molar-refractivity contribution in [3.63, 3.8) is 0 Å². The Morgan fingerprint density at radius 2 is 1.76 bits per heavy atom. The number of unbranched alkanes of at least 4 members (excludes halogenated alkanes) is 1. The van der Waals surface area contributed by atoms with Crippen molar-refractivity contribution in [1.82, 2.24) is 15.5 Å². The zero-order valence-electron chi connectivity index (χ0n) is 17.1. The minimum atomic E-state index is -1.35. The van der Waals surface area contributed by atoms with Crippen LogP contribution in [0.4, 0.5) is 4.79 Å². The number of carbonyl (C=O) groups is 3. The monoisotopic (exact) mass is 393 g/mol. The largest absolute Gasteiger partial charge is 0.355 e. The minimum Gasteiger partial charge on any atom is -0.355 e. The first-order valence-electron chi connectivity index (χ1n) is 9.94. The first-order chi connectivity index (χ1) is 13.9. The summed E-state index contributed by atoms with van der Waals surface area (Å²) in [6.45, 7) is 6.23. The lowest BCUT2D eigenvalue weighted by Crippen LogP contribution is -2.46. The van der Waals surface area contributed by atoms with E-state index in [1.807, 2.05) is 69.3 Å². The van der Waals surface area contributed by atoms with Gasteiger partial charge in [0.1, 0.15) is 6.54 Å². The maximum Gasteiger partial charge on any atom is 0.326 e. The molecule has 0 saturated carbocycles. The minimum absolute atomic E-state index is 0.298. The summed E-state index contributed by atoms with van der Waals surface area (Å²) in [6.07, 6.45) is 1.80. The molecule has 0 aromatic heterocycles. The van der Waals surface area contributed by atoms with Crippen LogP contribution >= 0.6 is 0 Å². The third-order valence-corrected chi connectivity index (χ3v) is 5.41. The van der Waals surface area contributed by atoms with E-state index >= 15 is 0 Å². The molecule has 1 heterocycles. The highest BCUT2D eigenvalue weighted by atomic mass is 16.2. The van der Waals surface area contributed by atoms with Gasteiger partial charge in [0.25, 0.3) is 5.91 Å². The van der Waals surface area contributed by atoms with E-state index < -0.39 is 17.5 Å². The van der Waals surface area contributed by atoms with Gasteiger partial charge in [-0.3, -0.25) is 14.5 Å². The molecular formula is C23H27N3O3. The Morgan fingerprint density at radius 1 is 1.03 bits per heavy atom. The Hall–Kier alpha value is -3.15. The van der Waals surface area contributed by atoms with E-state index in [0.717, 1.165) is 28.9 Å². The van der Waals surface area contributed by atoms with E-state index in [4.69, 9.17) is 0 Å². The van der Waals surface area contributed by atoms with E-state index in [1.54, 1.807) is 0 Å². The van der Waals surface area contributed by atoms with Gasteiger partial charge in [0.15, 0.2) is 5.54 Å². The fourth-order valence-corrected chi connectivity index (χ4v) is 3.54. The molecule has 1 fully saturated rings. The highest BCUT2D eigenvalue weighted by Gasteiger charge is 2.54. The molecule has 0 spiro atoms. The Bertz CT molecular complexity index is 926. The van der Waals surface area contributed by atoms with E-state index in [1.165, 1.54) is 0 Å². The molecule has 6 heteroatoms. The number of nitrogens with one attached hydrogen (secondary N) is 2. The molecule has 4 amide bonds. The molecule has 0 bridgehead atoms. The molecule has 152 valence electrons. The summed E-state index contributed by atoms with van der Waals surface area (Å²) < 4.78 is 0. The van der Waals surface area contributed by atoms with Crippen LogP contribution in [-0.4, -0.2) is 35.8 Å². The van der Waals surface area contributed by atoms with Crippen LogP contribution in [0.25, 0.3) is 0 Å². The SMILES string of the molecule is CCCCNC(=O)CN1C(=O)N[C@](c2ccccc2)(c2ccc(C)c(C)c2)C1=O. The van der Waals surface area contributed by atoms with Crippen molar-refractivity contribution in [2.24, 2.45) is 0 Å². The average Bonchev–Trinajstić information content (AvgIpc) is 2.96. The second-order valence-electron chi connectivity index (χ2n) is 7.44. The van der Waals surface area contributed by atoms with Gasteiger partial charge in [0.05, 0.1) is 0 Å². The Labute approximate surface area is 171 Å². The molecule has 3 rings (SSSR count). The maximum absolute atomic E-state index is 13.6. The fourth-order valence-electron chi connectivity index (χ4n) is 3.54. The molecule has 2 aromatic carbocycles. The molecule has 0 unspecified atom stereocenters. The highest BCUT2D eigenvalue weighted by molar-refractivity contribution is 6.11. The quantitative estimate of drug-likeness (QED) is 0.561. The molecule has 1 atom stereocenters. The van der Waals surface area contributed by atoms with Crippen LogP contribution < -0.4 is 10.6 Å². The summed E-state index contributed by atoms with van der Waals surface area (Å²) in [6, 6.07) is 14.3. The predicted octanol–water partition coefficient (Wildman–Crippen LogP) is 3.02. The zero-order valence-corrected chi connectivity index (χ0v) is 17.1. The topological polar surface area (TPSA) is 78.5 Å². The van der Waals surface area contributed by atoms with Crippen LogP contribution in [0.15, 0.2) is 48.5 Å². The molecular weight excluding hydrogens is 366 g/mol. The summed E-state index contributed by atoms with van der Waals surface area (Å²) >= 11 is 0. The molecule has 1 saturated heterocycles.